The van der Waals surface area contributed by atoms with E-state index in [4.69, 9.17) is 8.85 Å². The minimum absolute atomic E-state index is 0.889. The highest BCUT2D eigenvalue weighted by Crippen LogP contribution is 2.02. The van der Waals surface area contributed by atoms with Crippen LogP contribution < -0.4 is 0 Å². The molecule has 0 N–H and O–H groups in total. The first-order valence-corrected chi connectivity index (χ1v) is 8.72. The number of hydrogen-bond donors (Lipinski definition) is 0. The van der Waals surface area contributed by atoms with E-state index >= 15 is 0 Å². The van der Waals surface area contributed by atoms with Crippen molar-refractivity contribution in [1.82, 2.24) is 0 Å². The molecule has 0 saturated carbocycles. The molecule has 3 heteroatoms. The molecule has 0 rings (SSSR count). The fourth-order valence-corrected chi connectivity index (χ4v) is 2.48. The summed E-state index contributed by atoms with van der Waals surface area (Å²) in [6.45, 7) is 8.34. The summed E-state index contributed by atoms with van der Waals surface area (Å²) in [6, 6.07) is 0. The Morgan fingerprint density at radius 1 is 0.688 bits per heavy atom. The van der Waals surface area contributed by atoms with E-state index in [0.717, 1.165) is 13.2 Å². The fourth-order valence-electron chi connectivity index (χ4n) is 1.53. The maximum atomic E-state index is 5.67. The summed E-state index contributed by atoms with van der Waals surface area (Å²) in [5.41, 5.74) is 0. The second-order valence-electron chi connectivity index (χ2n) is 4.31. The minimum Gasteiger partial charge on any atom is -0.394 e. The molecule has 1 radical (unpaired) electrons. The van der Waals surface area contributed by atoms with Gasteiger partial charge in [-0.05, 0) is 19.4 Å². The average Bonchev–Trinajstić information content (AvgIpc) is 2.28. The van der Waals surface area contributed by atoms with Crippen molar-refractivity contribution in [2.45, 2.75) is 71.8 Å². The van der Waals surface area contributed by atoms with Crippen LogP contribution in [0.4, 0.5) is 0 Å². The molecular formula is C13H29O2Si. The highest BCUT2D eigenvalue weighted by Gasteiger charge is 2.06. The zero-order valence-corrected chi connectivity index (χ0v) is 12.4. The normalized spacial score (nSPS) is 11.2. The Balaban J connectivity index is 3.09. The van der Waals surface area contributed by atoms with E-state index < -0.39 is 9.28 Å². The van der Waals surface area contributed by atoms with Crippen LogP contribution in [0, 0.1) is 0 Å². The van der Waals surface area contributed by atoms with E-state index in [0.29, 0.717) is 0 Å². The van der Waals surface area contributed by atoms with Crippen LogP contribution in [0.25, 0.3) is 0 Å². The molecule has 0 aliphatic rings. The Labute approximate surface area is 104 Å². The van der Waals surface area contributed by atoms with Gasteiger partial charge in [0.2, 0.25) is 0 Å². The third kappa shape index (κ3) is 12.2. The van der Waals surface area contributed by atoms with Crippen LogP contribution in [-0.4, -0.2) is 22.5 Å². The van der Waals surface area contributed by atoms with Crippen LogP contribution in [0.3, 0.4) is 0 Å². The van der Waals surface area contributed by atoms with Gasteiger partial charge in [-0.2, -0.15) is 0 Å². The quantitative estimate of drug-likeness (QED) is 0.377. The third-order valence-electron chi connectivity index (χ3n) is 2.61. The maximum absolute atomic E-state index is 5.67. The molecule has 0 amide bonds. The molecule has 0 spiro atoms. The van der Waals surface area contributed by atoms with Gasteiger partial charge in [0.05, 0.1) is 0 Å². The maximum Gasteiger partial charge on any atom is 0.381 e. The summed E-state index contributed by atoms with van der Waals surface area (Å²) in [6.07, 6.45) is 10.2. The van der Waals surface area contributed by atoms with Crippen molar-refractivity contribution < 1.29 is 8.85 Å². The third-order valence-corrected chi connectivity index (χ3v) is 3.83. The van der Waals surface area contributed by atoms with Gasteiger partial charge in [-0.25, -0.2) is 0 Å². The van der Waals surface area contributed by atoms with E-state index in [1.54, 1.807) is 0 Å². The lowest BCUT2D eigenvalue weighted by atomic mass is 10.2. The SMILES string of the molecule is CCCCCCO[Si](C)OCCCCCC. The van der Waals surface area contributed by atoms with Crippen LogP contribution in [0.1, 0.15) is 65.2 Å². The molecule has 2 nitrogen and oxygen atoms in total. The Morgan fingerprint density at radius 3 is 1.50 bits per heavy atom. The van der Waals surface area contributed by atoms with E-state index in [1.165, 1.54) is 51.4 Å². The summed E-state index contributed by atoms with van der Waals surface area (Å²) in [5.74, 6) is 0. The van der Waals surface area contributed by atoms with Gasteiger partial charge >= 0.3 is 9.28 Å². The summed E-state index contributed by atoms with van der Waals surface area (Å²) >= 11 is 0. The fraction of sp³-hybridized carbons (Fsp3) is 1.00. The lowest BCUT2D eigenvalue weighted by Gasteiger charge is -2.11. The van der Waals surface area contributed by atoms with E-state index in [9.17, 15) is 0 Å². The van der Waals surface area contributed by atoms with Gasteiger partial charge < -0.3 is 8.85 Å². The monoisotopic (exact) mass is 245 g/mol. The molecule has 0 aromatic rings. The van der Waals surface area contributed by atoms with E-state index in [1.807, 2.05) is 0 Å². The molecule has 0 unspecified atom stereocenters. The number of unbranched alkanes of at least 4 members (excludes halogenated alkanes) is 6. The molecule has 0 aromatic heterocycles. The Hall–Kier alpha value is 0.137. The Bertz CT molecular complexity index is 117. The molecule has 0 heterocycles. The zero-order valence-electron chi connectivity index (χ0n) is 11.4. The summed E-state index contributed by atoms with van der Waals surface area (Å²) in [4.78, 5) is 0. The molecule has 0 saturated heterocycles. The predicted octanol–water partition coefficient (Wildman–Crippen LogP) is 4.30. The van der Waals surface area contributed by atoms with Crippen molar-refractivity contribution in [2.75, 3.05) is 13.2 Å². The Kier molecular flexibility index (Phi) is 13.3. The second-order valence-corrected chi connectivity index (χ2v) is 5.87. The van der Waals surface area contributed by atoms with Gasteiger partial charge in [-0.1, -0.05) is 52.4 Å². The second kappa shape index (κ2) is 13.2. The van der Waals surface area contributed by atoms with Crippen LogP contribution in [0.2, 0.25) is 6.55 Å². The van der Waals surface area contributed by atoms with Gasteiger partial charge in [0.15, 0.2) is 0 Å². The summed E-state index contributed by atoms with van der Waals surface area (Å²) in [7, 11) is -0.964. The van der Waals surface area contributed by atoms with Gasteiger partial charge in [0.1, 0.15) is 0 Å². The predicted molar refractivity (Wildman–Crippen MR) is 71.8 cm³/mol. The zero-order chi connectivity index (χ0) is 12.1. The van der Waals surface area contributed by atoms with Crippen LogP contribution in [0.15, 0.2) is 0 Å². The largest absolute Gasteiger partial charge is 0.394 e. The standard InChI is InChI=1S/C13H29O2Si/c1-4-6-8-10-12-14-16(3)15-13-11-9-7-5-2/h4-13H2,1-3H3. The van der Waals surface area contributed by atoms with Crippen molar-refractivity contribution >= 4 is 9.28 Å². The van der Waals surface area contributed by atoms with Gasteiger partial charge in [0, 0.05) is 13.2 Å². The molecule has 0 aliphatic heterocycles. The minimum atomic E-state index is -0.964. The highest BCUT2D eigenvalue weighted by atomic mass is 28.3. The van der Waals surface area contributed by atoms with Crippen LogP contribution in [0.5, 0.6) is 0 Å². The van der Waals surface area contributed by atoms with Crippen molar-refractivity contribution in [2.24, 2.45) is 0 Å². The lowest BCUT2D eigenvalue weighted by molar-refractivity contribution is 0.194. The van der Waals surface area contributed by atoms with E-state index in [2.05, 4.69) is 20.4 Å². The number of hydrogen-bond acceptors (Lipinski definition) is 2. The topological polar surface area (TPSA) is 18.5 Å². The van der Waals surface area contributed by atoms with Crippen molar-refractivity contribution in [3.8, 4) is 0 Å². The van der Waals surface area contributed by atoms with Crippen molar-refractivity contribution in [1.29, 1.82) is 0 Å². The first kappa shape index (κ1) is 16.1. The average molecular weight is 245 g/mol. The van der Waals surface area contributed by atoms with Gasteiger partial charge in [-0.3, -0.25) is 0 Å². The molecular weight excluding hydrogens is 216 g/mol. The molecule has 0 bridgehead atoms. The van der Waals surface area contributed by atoms with Crippen LogP contribution in [-0.2, 0) is 8.85 Å². The summed E-state index contributed by atoms with van der Waals surface area (Å²) in [5, 5.41) is 0. The first-order valence-electron chi connectivity index (χ1n) is 6.90. The molecule has 0 fully saturated rings. The van der Waals surface area contributed by atoms with Crippen molar-refractivity contribution in [3.63, 3.8) is 0 Å². The van der Waals surface area contributed by atoms with Crippen molar-refractivity contribution in [3.05, 3.63) is 0 Å². The number of rotatable bonds is 12. The molecule has 97 valence electrons. The Morgan fingerprint density at radius 2 is 1.12 bits per heavy atom. The van der Waals surface area contributed by atoms with Crippen LogP contribution >= 0.6 is 0 Å². The smallest absolute Gasteiger partial charge is 0.381 e. The molecule has 0 aliphatic carbocycles. The summed E-state index contributed by atoms with van der Waals surface area (Å²) < 4.78 is 11.3. The first-order chi connectivity index (χ1) is 7.81. The highest BCUT2D eigenvalue weighted by molar-refractivity contribution is 6.42. The van der Waals surface area contributed by atoms with Gasteiger partial charge in [-0.15, -0.1) is 0 Å². The van der Waals surface area contributed by atoms with E-state index in [-0.39, 0.29) is 0 Å². The molecule has 16 heavy (non-hydrogen) atoms. The van der Waals surface area contributed by atoms with Gasteiger partial charge in [0.25, 0.3) is 0 Å². The molecule has 0 aromatic carbocycles. The molecule has 0 atom stereocenters. The lowest BCUT2D eigenvalue weighted by Crippen LogP contribution is -2.19.